The van der Waals surface area contributed by atoms with Gasteiger partial charge in [0.2, 0.25) is 11.8 Å². The minimum atomic E-state index is -0.255. The number of halogens is 3. The first-order valence-electron chi connectivity index (χ1n) is 6.91. The molecule has 0 aliphatic carbocycles. The Hall–Kier alpha value is -1.53. The lowest BCUT2D eigenvalue weighted by Gasteiger charge is -2.15. The van der Waals surface area contributed by atoms with Crippen molar-refractivity contribution in [1.29, 1.82) is 0 Å². The molecule has 0 bridgehead atoms. The van der Waals surface area contributed by atoms with Gasteiger partial charge < -0.3 is 15.8 Å². The molecule has 1 heterocycles. The molecule has 0 radical (unpaired) electrons. The van der Waals surface area contributed by atoms with Crippen LogP contribution in [0.15, 0.2) is 42.6 Å². The average molecular weight is 393 g/mol. The van der Waals surface area contributed by atoms with Crippen molar-refractivity contribution < 1.29 is 9.53 Å². The summed E-state index contributed by atoms with van der Waals surface area (Å²) in [7, 11) is 0. The lowest BCUT2D eigenvalue weighted by atomic mass is 10.0. The van der Waals surface area contributed by atoms with E-state index in [0.717, 1.165) is 0 Å². The number of amides is 1. The van der Waals surface area contributed by atoms with Gasteiger partial charge in [0.15, 0.2) is 0 Å². The largest absolute Gasteiger partial charge is 0.439 e. The molecule has 1 amide bonds. The number of benzene rings is 1. The van der Waals surface area contributed by atoms with E-state index < -0.39 is 0 Å². The molecule has 24 heavy (non-hydrogen) atoms. The summed E-state index contributed by atoms with van der Waals surface area (Å²) >= 11 is 5.76. The normalized spacial score (nSPS) is 12.2. The quantitative estimate of drug-likeness (QED) is 0.795. The van der Waals surface area contributed by atoms with Gasteiger partial charge in [-0.15, -0.1) is 24.8 Å². The highest BCUT2D eigenvalue weighted by atomic mass is 35.5. The predicted molar refractivity (Wildman–Crippen MR) is 102 cm³/mol. The number of nitrogens with one attached hydrogen (secondary N) is 1. The Kier molecular flexibility index (Phi) is 9.70. The highest BCUT2D eigenvalue weighted by Crippen LogP contribution is 2.22. The molecule has 0 saturated heterocycles. The van der Waals surface area contributed by atoms with E-state index in [9.17, 15) is 4.79 Å². The summed E-state index contributed by atoms with van der Waals surface area (Å²) in [4.78, 5) is 16.0. The van der Waals surface area contributed by atoms with E-state index in [4.69, 9.17) is 22.1 Å². The number of carbonyl (C=O) groups excluding carboxylic acids is 1. The van der Waals surface area contributed by atoms with Crippen molar-refractivity contribution >= 4 is 48.0 Å². The smallest absolute Gasteiger partial charge is 0.228 e. The van der Waals surface area contributed by atoms with Crippen molar-refractivity contribution in [2.45, 2.75) is 19.9 Å². The first-order chi connectivity index (χ1) is 10.5. The maximum absolute atomic E-state index is 11.9. The van der Waals surface area contributed by atoms with Crippen molar-refractivity contribution in [2.24, 2.45) is 11.7 Å². The molecule has 5 nitrogen and oxygen atoms in total. The number of anilines is 1. The number of carbonyl (C=O) groups is 1. The Bertz CT molecular complexity index is 634. The summed E-state index contributed by atoms with van der Waals surface area (Å²) in [5.74, 6) is 0.706. The maximum Gasteiger partial charge on any atom is 0.228 e. The molecule has 0 spiro atoms. The third-order valence-corrected chi connectivity index (χ3v) is 3.47. The first kappa shape index (κ1) is 22.5. The molecule has 1 aromatic carbocycles. The number of pyridine rings is 1. The fourth-order valence-electron chi connectivity index (χ4n) is 1.64. The van der Waals surface area contributed by atoms with Crippen molar-refractivity contribution in [1.82, 2.24) is 4.98 Å². The van der Waals surface area contributed by atoms with Crippen LogP contribution in [0.5, 0.6) is 11.6 Å². The number of rotatable bonds is 5. The molecule has 2 rings (SSSR count). The van der Waals surface area contributed by atoms with Gasteiger partial charge in [0.25, 0.3) is 0 Å². The number of aromatic nitrogens is 1. The number of hydrogen-bond donors (Lipinski definition) is 2. The van der Waals surface area contributed by atoms with Gasteiger partial charge in [-0.3, -0.25) is 4.79 Å². The van der Waals surface area contributed by atoms with E-state index >= 15 is 0 Å². The van der Waals surface area contributed by atoms with E-state index in [0.29, 0.717) is 22.3 Å². The standard InChI is InChI=1S/C16H18ClN3O2.2ClH/c1-10(11(2)18)16(21)20-13-4-6-14(7-5-13)22-15-8-3-12(17)9-19-15;;/h3-11H,18H2,1-2H3,(H,20,21);2*1H. The van der Waals surface area contributed by atoms with Gasteiger partial charge in [-0.25, -0.2) is 4.98 Å². The summed E-state index contributed by atoms with van der Waals surface area (Å²) in [6, 6.07) is 10.2. The molecule has 2 aromatic rings. The Balaban J connectivity index is 0.00000264. The Morgan fingerprint density at radius 3 is 2.29 bits per heavy atom. The topological polar surface area (TPSA) is 77.2 Å². The number of nitrogens with two attached hydrogens (primary N) is 1. The van der Waals surface area contributed by atoms with Crippen molar-refractivity contribution in [3.05, 3.63) is 47.6 Å². The summed E-state index contributed by atoms with van der Waals surface area (Å²) in [5.41, 5.74) is 6.40. The molecular formula is C16H20Cl3N3O2. The van der Waals surface area contributed by atoms with Crippen LogP contribution in [0.2, 0.25) is 5.02 Å². The molecule has 132 valence electrons. The van der Waals surface area contributed by atoms with Gasteiger partial charge >= 0.3 is 0 Å². The first-order valence-corrected chi connectivity index (χ1v) is 7.29. The SMILES string of the molecule is CC(N)C(C)C(=O)Nc1ccc(Oc2ccc(Cl)cn2)cc1.Cl.Cl. The van der Waals surface area contributed by atoms with Crippen LogP contribution >= 0.6 is 36.4 Å². The second-order valence-electron chi connectivity index (χ2n) is 5.08. The number of ether oxygens (including phenoxy) is 1. The Labute approximate surface area is 158 Å². The monoisotopic (exact) mass is 391 g/mol. The average Bonchev–Trinajstić information content (AvgIpc) is 2.50. The Morgan fingerprint density at radius 1 is 1.17 bits per heavy atom. The van der Waals surface area contributed by atoms with Gasteiger partial charge in [-0.05, 0) is 37.3 Å². The van der Waals surface area contributed by atoms with Gasteiger partial charge in [-0.2, -0.15) is 0 Å². The fourth-order valence-corrected chi connectivity index (χ4v) is 1.76. The van der Waals surface area contributed by atoms with E-state index in [1.165, 1.54) is 6.20 Å². The van der Waals surface area contributed by atoms with Crippen LogP contribution in [0, 0.1) is 5.92 Å². The van der Waals surface area contributed by atoms with Gasteiger partial charge in [0.05, 0.1) is 10.9 Å². The molecule has 1 aromatic heterocycles. The van der Waals surface area contributed by atoms with E-state index in [2.05, 4.69) is 10.3 Å². The second-order valence-corrected chi connectivity index (χ2v) is 5.51. The van der Waals surface area contributed by atoms with Crippen molar-refractivity contribution in [2.75, 3.05) is 5.32 Å². The maximum atomic E-state index is 11.9. The molecule has 2 unspecified atom stereocenters. The van der Waals surface area contributed by atoms with Gasteiger partial charge in [0.1, 0.15) is 5.75 Å². The van der Waals surface area contributed by atoms with Crippen LogP contribution in [0.1, 0.15) is 13.8 Å². The van der Waals surface area contributed by atoms with Gasteiger partial charge in [-0.1, -0.05) is 18.5 Å². The zero-order valence-electron chi connectivity index (χ0n) is 13.2. The van der Waals surface area contributed by atoms with Crippen molar-refractivity contribution in [3.63, 3.8) is 0 Å². The fraction of sp³-hybridized carbons (Fsp3) is 0.250. The lowest BCUT2D eigenvalue weighted by molar-refractivity contribution is -0.119. The second kappa shape index (κ2) is 10.4. The third kappa shape index (κ3) is 6.53. The molecule has 0 fully saturated rings. The summed E-state index contributed by atoms with van der Waals surface area (Å²) in [5, 5.41) is 3.36. The summed E-state index contributed by atoms with van der Waals surface area (Å²) < 4.78 is 5.58. The van der Waals surface area contributed by atoms with E-state index in [1.54, 1.807) is 50.2 Å². The van der Waals surface area contributed by atoms with Crippen LogP contribution < -0.4 is 15.8 Å². The molecule has 0 saturated carbocycles. The zero-order valence-corrected chi connectivity index (χ0v) is 15.6. The molecule has 8 heteroatoms. The van der Waals surface area contributed by atoms with E-state index in [1.807, 2.05) is 0 Å². The highest BCUT2D eigenvalue weighted by Gasteiger charge is 2.16. The van der Waals surface area contributed by atoms with Crippen LogP contribution in [-0.2, 0) is 4.79 Å². The van der Waals surface area contributed by atoms with Crippen LogP contribution in [0.4, 0.5) is 5.69 Å². The van der Waals surface area contributed by atoms with Crippen molar-refractivity contribution in [3.8, 4) is 11.6 Å². The lowest BCUT2D eigenvalue weighted by Crippen LogP contribution is -2.34. The van der Waals surface area contributed by atoms with Crippen LogP contribution in [0.3, 0.4) is 0 Å². The molecule has 0 aliphatic rings. The van der Waals surface area contributed by atoms with Crippen LogP contribution in [-0.4, -0.2) is 16.9 Å². The van der Waals surface area contributed by atoms with Gasteiger partial charge in [0, 0.05) is 24.0 Å². The number of nitrogens with zero attached hydrogens (tertiary/aromatic N) is 1. The molecule has 2 atom stereocenters. The predicted octanol–water partition coefficient (Wildman–Crippen LogP) is 4.29. The van der Waals surface area contributed by atoms with Crippen LogP contribution in [0.25, 0.3) is 0 Å². The van der Waals surface area contributed by atoms with E-state index in [-0.39, 0.29) is 42.7 Å². The molecule has 0 aliphatic heterocycles. The minimum Gasteiger partial charge on any atom is -0.439 e. The summed E-state index contributed by atoms with van der Waals surface area (Å²) in [6.07, 6.45) is 1.51. The summed E-state index contributed by atoms with van der Waals surface area (Å²) in [6.45, 7) is 3.60. The minimum absolute atomic E-state index is 0. The molecule has 3 N–H and O–H groups in total. The molecular weight excluding hydrogens is 373 g/mol. The zero-order chi connectivity index (χ0) is 16.1. The Morgan fingerprint density at radius 2 is 1.79 bits per heavy atom. The highest BCUT2D eigenvalue weighted by molar-refractivity contribution is 6.30. The third-order valence-electron chi connectivity index (χ3n) is 3.25. The number of hydrogen-bond acceptors (Lipinski definition) is 4.